The Morgan fingerprint density at radius 3 is 3.00 bits per heavy atom. The van der Waals surface area contributed by atoms with Crippen molar-refractivity contribution >= 4 is 11.8 Å². The number of likely N-dealkylation sites (N-methyl/N-ethyl adjacent to an activating group) is 1. The molecular weight excluding hydrogens is 300 g/mol. The van der Waals surface area contributed by atoms with E-state index >= 15 is 0 Å². The Labute approximate surface area is 134 Å². The monoisotopic (exact) mass is 322 g/mol. The topological polar surface area (TPSA) is 104 Å². The standard InChI is InChI=1S/C15H22N4O4/c1-16-13(20)8-19-6-7-23-11-15(22,10-19)9-18-14(21)12-4-2-3-5-17-12/h2-5,22H,6-11H2,1H3,(H,16,20)(H,18,21)/t15-/m0/s1. The molecule has 0 bridgehead atoms. The Morgan fingerprint density at radius 2 is 2.30 bits per heavy atom. The molecule has 1 atom stereocenters. The van der Waals surface area contributed by atoms with Gasteiger partial charge in [-0.05, 0) is 12.1 Å². The number of carbonyl (C=O) groups excluding carboxylic acids is 2. The van der Waals surface area contributed by atoms with Crippen LogP contribution in [0.4, 0.5) is 0 Å². The first-order valence-electron chi connectivity index (χ1n) is 7.45. The average molecular weight is 322 g/mol. The Hall–Kier alpha value is -2.03. The first-order chi connectivity index (χ1) is 11.0. The second-order valence-electron chi connectivity index (χ2n) is 5.56. The molecular formula is C15H22N4O4. The van der Waals surface area contributed by atoms with Crippen molar-refractivity contribution in [2.75, 3.05) is 46.4 Å². The number of pyridine rings is 1. The van der Waals surface area contributed by atoms with Crippen LogP contribution in [-0.2, 0) is 9.53 Å². The molecule has 2 rings (SSSR count). The molecule has 0 aromatic carbocycles. The molecule has 1 aromatic heterocycles. The van der Waals surface area contributed by atoms with E-state index in [-0.39, 0.29) is 43.7 Å². The van der Waals surface area contributed by atoms with E-state index < -0.39 is 5.60 Å². The summed E-state index contributed by atoms with van der Waals surface area (Å²) in [6, 6.07) is 5.04. The van der Waals surface area contributed by atoms with Gasteiger partial charge in [0.05, 0.1) is 26.3 Å². The number of amides is 2. The van der Waals surface area contributed by atoms with E-state index in [1.165, 1.54) is 6.20 Å². The molecule has 1 aromatic rings. The number of aromatic nitrogens is 1. The maximum Gasteiger partial charge on any atom is 0.269 e. The Morgan fingerprint density at radius 1 is 1.48 bits per heavy atom. The van der Waals surface area contributed by atoms with Gasteiger partial charge in [-0.1, -0.05) is 6.07 Å². The number of carbonyl (C=O) groups is 2. The Balaban J connectivity index is 1.93. The van der Waals surface area contributed by atoms with Crippen LogP contribution in [0.15, 0.2) is 24.4 Å². The van der Waals surface area contributed by atoms with Crippen molar-refractivity contribution < 1.29 is 19.4 Å². The van der Waals surface area contributed by atoms with E-state index in [0.717, 1.165) is 0 Å². The highest BCUT2D eigenvalue weighted by Gasteiger charge is 2.33. The molecule has 0 radical (unpaired) electrons. The van der Waals surface area contributed by atoms with Gasteiger partial charge in [-0.25, -0.2) is 0 Å². The van der Waals surface area contributed by atoms with Gasteiger partial charge in [0.15, 0.2) is 0 Å². The molecule has 0 saturated carbocycles. The number of ether oxygens (including phenoxy) is 1. The van der Waals surface area contributed by atoms with Crippen molar-refractivity contribution in [3.8, 4) is 0 Å². The summed E-state index contributed by atoms with van der Waals surface area (Å²) in [6.07, 6.45) is 1.53. The van der Waals surface area contributed by atoms with Gasteiger partial charge in [-0.3, -0.25) is 19.5 Å². The zero-order chi connectivity index (χ0) is 16.7. The van der Waals surface area contributed by atoms with Crippen LogP contribution >= 0.6 is 0 Å². The fourth-order valence-electron chi connectivity index (χ4n) is 2.35. The molecule has 126 valence electrons. The smallest absolute Gasteiger partial charge is 0.269 e. The fraction of sp³-hybridized carbons (Fsp3) is 0.533. The quantitative estimate of drug-likeness (QED) is 0.617. The second-order valence-corrected chi connectivity index (χ2v) is 5.56. The van der Waals surface area contributed by atoms with E-state index in [1.807, 2.05) is 0 Å². The van der Waals surface area contributed by atoms with Crippen LogP contribution in [-0.4, -0.2) is 78.8 Å². The van der Waals surface area contributed by atoms with Gasteiger partial charge in [0.25, 0.3) is 5.91 Å². The lowest BCUT2D eigenvalue weighted by molar-refractivity contribution is -0.122. The molecule has 1 aliphatic rings. The van der Waals surface area contributed by atoms with Gasteiger partial charge in [-0.15, -0.1) is 0 Å². The number of nitrogens with zero attached hydrogens (tertiary/aromatic N) is 2. The third-order valence-corrected chi connectivity index (χ3v) is 3.56. The van der Waals surface area contributed by atoms with Crippen molar-refractivity contribution in [1.82, 2.24) is 20.5 Å². The summed E-state index contributed by atoms with van der Waals surface area (Å²) < 4.78 is 5.40. The molecule has 0 spiro atoms. The summed E-state index contributed by atoms with van der Waals surface area (Å²) in [5, 5.41) is 15.9. The Kier molecular flexibility index (Phi) is 6.03. The first-order valence-corrected chi connectivity index (χ1v) is 7.45. The molecule has 0 aliphatic carbocycles. The summed E-state index contributed by atoms with van der Waals surface area (Å²) >= 11 is 0. The van der Waals surface area contributed by atoms with Crippen LogP contribution in [0.1, 0.15) is 10.5 Å². The van der Waals surface area contributed by atoms with Crippen molar-refractivity contribution in [2.45, 2.75) is 5.60 Å². The van der Waals surface area contributed by atoms with Crippen LogP contribution in [0.2, 0.25) is 0 Å². The summed E-state index contributed by atoms with van der Waals surface area (Å²) in [5.41, 5.74) is -0.970. The van der Waals surface area contributed by atoms with Crippen LogP contribution < -0.4 is 10.6 Å². The molecule has 0 unspecified atom stereocenters. The molecule has 23 heavy (non-hydrogen) atoms. The Bertz CT molecular complexity index is 540. The minimum absolute atomic E-state index is 0.0205. The third-order valence-electron chi connectivity index (χ3n) is 3.56. The molecule has 8 heteroatoms. The minimum atomic E-state index is -1.25. The molecule has 2 amide bonds. The number of hydrogen-bond donors (Lipinski definition) is 3. The highest BCUT2D eigenvalue weighted by Crippen LogP contribution is 2.12. The summed E-state index contributed by atoms with van der Waals surface area (Å²) in [5.74, 6) is -0.493. The fourth-order valence-corrected chi connectivity index (χ4v) is 2.35. The summed E-state index contributed by atoms with van der Waals surface area (Å²) in [4.78, 5) is 29.3. The lowest BCUT2D eigenvalue weighted by atomic mass is 10.0. The highest BCUT2D eigenvalue weighted by molar-refractivity contribution is 5.92. The summed E-state index contributed by atoms with van der Waals surface area (Å²) in [7, 11) is 1.57. The van der Waals surface area contributed by atoms with E-state index in [4.69, 9.17) is 4.74 Å². The number of nitrogens with one attached hydrogen (secondary N) is 2. The van der Waals surface area contributed by atoms with Gasteiger partial charge in [0.2, 0.25) is 5.91 Å². The second kappa shape index (κ2) is 8.00. The van der Waals surface area contributed by atoms with Crippen LogP contribution in [0.25, 0.3) is 0 Å². The SMILES string of the molecule is CNC(=O)CN1CCOC[C@](O)(CNC(=O)c2ccccn2)C1. The average Bonchev–Trinajstić information content (AvgIpc) is 2.75. The number of hydrogen-bond acceptors (Lipinski definition) is 6. The minimum Gasteiger partial charge on any atom is -0.384 e. The van der Waals surface area contributed by atoms with Crippen molar-refractivity contribution in [3.05, 3.63) is 30.1 Å². The van der Waals surface area contributed by atoms with Crippen molar-refractivity contribution in [1.29, 1.82) is 0 Å². The van der Waals surface area contributed by atoms with Crippen molar-refractivity contribution in [2.24, 2.45) is 0 Å². The zero-order valence-electron chi connectivity index (χ0n) is 13.1. The molecule has 1 fully saturated rings. The van der Waals surface area contributed by atoms with Crippen LogP contribution in [0, 0.1) is 0 Å². The van der Waals surface area contributed by atoms with Gasteiger partial charge in [0, 0.05) is 26.3 Å². The van der Waals surface area contributed by atoms with Gasteiger partial charge >= 0.3 is 0 Å². The normalized spacial score (nSPS) is 22.2. The number of aliphatic hydroxyl groups is 1. The lowest BCUT2D eigenvalue weighted by Gasteiger charge is -2.30. The van der Waals surface area contributed by atoms with E-state index in [1.54, 1.807) is 30.1 Å². The number of β-amino-alcohol motifs (C(OH)–C–C–N with tert-alkyl or cyclic N) is 1. The van der Waals surface area contributed by atoms with Crippen LogP contribution in [0.3, 0.4) is 0 Å². The molecule has 3 N–H and O–H groups in total. The van der Waals surface area contributed by atoms with Crippen LogP contribution in [0.5, 0.6) is 0 Å². The summed E-state index contributed by atoms with van der Waals surface area (Å²) in [6.45, 7) is 1.50. The molecule has 1 aliphatic heterocycles. The van der Waals surface area contributed by atoms with E-state index in [0.29, 0.717) is 13.2 Å². The molecule has 1 saturated heterocycles. The molecule has 2 heterocycles. The first kappa shape index (κ1) is 17.3. The van der Waals surface area contributed by atoms with Gasteiger partial charge in [-0.2, -0.15) is 0 Å². The highest BCUT2D eigenvalue weighted by atomic mass is 16.5. The lowest BCUT2D eigenvalue weighted by Crippen LogP contribution is -2.53. The largest absolute Gasteiger partial charge is 0.384 e. The maximum atomic E-state index is 12.0. The van der Waals surface area contributed by atoms with Gasteiger partial charge in [0.1, 0.15) is 11.3 Å². The predicted molar refractivity (Wildman–Crippen MR) is 82.8 cm³/mol. The molecule has 8 nitrogen and oxygen atoms in total. The zero-order valence-corrected chi connectivity index (χ0v) is 13.1. The number of rotatable bonds is 5. The van der Waals surface area contributed by atoms with E-state index in [9.17, 15) is 14.7 Å². The third kappa shape index (κ3) is 5.27. The predicted octanol–water partition coefficient (Wildman–Crippen LogP) is -1.38. The maximum absolute atomic E-state index is 12.0. The van der Waals surface area contributed by atoms with Crippen molar-refractivity contribution in [3.63, 3.8) is 0 Å². The van der Waals surface area contributed by atoms with Gasteiger partial charge < -0.3 is 20.5 Å². The van der Waals surface area contributed by atoms with E-state index in [2.05, 4.69) is 15.6 Å².